The average Bonchev–Trinajstić information content (AvgIpc) is 3.23. The molecule has 0 unspecified atom stereocenters. The van der Waals surface area contributed by atoms with E-state index in [4.69, 9.17) is 4.74 Å². The van der Waals surface area contributed by atoms with E-state index in [1.807, 2.05) is 44.2 Å². The molecule has 0 saturated carbocycles. The number of methoxy groups -OCH3 is 1. The number of carbonyl (C=O) groups excluding carboxylic acids is 1. The van der Waals surface area contributed by atoms with Gasteiger partial charge in [0, 0.05) is 5.56 Å². The van der Waals surface area contributed by atoms with Gasteiger partial charge in [0.25, 0.3) is 5.91 Å². The highest BCUT2D eigenvalue weighted by Crippen LogP contribution is 2.26. The van der Waals surface area contributed by atoms with E-state index in [1.165, 1.54) is 17.7 Å². The SMILES string of the molecule is COc1ccc(-n2nc(-c3ccc(C)c(C)c3)cc2C(=O)Nc2ccccc2F)cc1. The zero-order valence-electron chi connectivity index (χ0n) is 17.5. The first kappa shape index (κ1) is 20.3. The van der Waals surface area contributed by atoms with Crippen LogP contribution in [-0.4, -0.2) is 22.8 Å². The van der Waals surface area contributed by atoms with Gasteiger partial charge >= 0.3 is 0 Å². The maximum atomic E-state index is 14.1. The number of benzene rings is 3. The predicted octanol–water partition coefficient (Wildman–Crippen LogP) is 5.56. The Morgan fingerprint density at radius 3 is 2.39 bits per heavy atom. The lowest BCUT2D eigenvalue weighted by Gasteiger charge is -2.09. The number of anilines is 1. The monoisotopic (exact) mass is 415 g/mol. The summed E-state index contributed by atoms with van der Waals surface area (Å²) in [6.45, 7) is 4.08. The van der Waals surface area contributed by atoms with Gasteiger partial charge in [-0.3, -0.25) is 4.79 Å². The maximum Gasteiger partial charge on any atom is 0.274 e. The summed E-state index contributed by atoms with van der Waals surface area (Å²) in [4.78, 5) is 13.1. The van der Waals surface area contributed by atoms with E-state index >= 15 is 0 Å². The van der Waals surface area contributed by atoms with Crippen molar-refractivity contribution in [2.75, 3.05) is 12.4 Å². The van der Waals surface area contributed by atoms with Gasteiger partial charge in [-0.2, -0.15) is 5.10 Å². The van der Waals surface area contributed by atoms with E-state index in [1.54, 1.807) is 42.1 Å². The summed E-state index contributed by atoms with van der Waals surface area (Å²) in [5, 5.41) is 7.33. The Balaban J connectivity index is 1.79. The largest absolute Gasteiger partial charge is 0.497 e. The molecule has 4 rings (SSSR count). The van der Waals surface area contributed by atoms with Crippen molar-refractivity contribution in [1.82, 2.24) is 9.78 Å². The molecule has 0 fully saturated rings. The van der Waals surface area contributed by atoms with Gasteiger partial charge in [-0.05, 0) is 73.5 Å². The van der Waals surface area contributed by atoms with Crippen LogP contribution in [0.15, 0.2) is 72.8 Å². The molecule has 0 aliphatic carbocycles. The molecule has 0 aliphatic heterocycles. The Kier molecular flexibility index (Phi) is 5.54. The minimum Gasteiger partial charge on any atom is -0.497 e. The molecule has 0 radical (unpaired) electrons. The molecule has 1 amide bonds. The Morgan fingerprint density at radius 1 is 0.968 bits per heavy atom. The molecule has 6 heteroatoms. The van der Waals surface area contributed by atoms with E-state index in [9.17, 15) is 9.18 Å². The van der Waals surface area contributed by atoms with Gasteiger partial charge in [-0.1, -0.05) is 24.3 Å². The summed E-state index contributed by atoms with van der Waals surface area (Å²) in [5.41, 5.74) is 4.96. The minimum absolute atomic E-state index is 0.114. The second-order valence-electron chi connectivity index (χ2n) is 7.26. The highest BCUT2D eigenvalue weighted by molar-refractivity contribution is 6.04. The zero-order chi connectivity index (χ0) is 22.0. The van der Waals surface area contributed by atoms with Gasteiger partial charge in [0.2, 0.25) is 0 Å². The zero-order valence-corrected chi connectivity index (χ0v) is 17.5. The van der Waals surface area contributed by atoms with Crippen LogP contribution in [0.2, 0.25) is 0 Å². The van der Waals surface area contributed by atoms with Crippen LogP contribution in [0.3, 0.4) is 0 Å². The average molecular weight is 415 g/mol. The van der Waals surface area contributed by atoms with Crippen LogP contribution in [0, 0.1) is 19.7 Å². The van der Waals surface area contributed by atoms with Crippen molar-refractivity contribution < 1.29 is 13.9 Å². The minimum atomic E-state index is -0.499. The Morgan fingerprint density at radius 2 is 1.71 bits per heavy atom. The summed E-state index contributed by atoms with van der Waals surface area (Å²) >= 11 is 0. The molecule has 0 spiro atoms. The molecular formula is C25H22FN3O2. The Bertz CT molecular complexity index is 1250. The van der Waals surface area contributed by atoms with E-state index in [0.29, 0.717) is 22.8 Å². The number of nitrogens with zero attached hydrogens (tertiary/aromatic N) is 2. The molecule has 156 valence electrons. The van der Waals surface area contributed by atoms with Gasteiger partial charge < -0.3 is 10.1 Å². The lowest BCUT2D eigenvalue weighted by Crippen LogP contribution is -2.17. The third kappa shape index (κ3) is 4.19. The van der Waals surface area contributed by atoms with Crippen LogP contribution < -0.4 is 10.1 Å². The Hall–Kier alpha value is -3.93. The molecule has 4 aromatic rings. The fourth-order valence-electron chi connectivity index (χ4n) is 3.25. The third-order valence-electron chi connectivity index (χ3n) is 5.18. The topological polar surface area (TPSA) is 56.2 Å². The van der Waals surface area contributed by atoms with Gasteiger partial charge in [-0.15, -0.1) is 0 Å². The number of nitrogens with one attached hydrogen (secondary N) is 1. The van der Waals surface area contributed by atoms with Crippen molar-refractivity contribution in [2.24, 2.45) is 0 Å². The van der Waals surface area contributed by atoms with Crippen molar-refractivity contribution in [1.29, 1.82) is 0 Å². The molecule has 0 atom stereocenters. The van der Waals surface area contributed by atoms with E-state index in [2.05, 4.69) is 10.4 Å². The molecule has 0 saturated heterocycles. The molecule has 5 nitrogen and oxygen atoms in total. The van der Waals surface area contributed by atoms with E-state index < -0.39 is 11.7 Å². The van der Waals surface area contributed by atoms with Crippen molar-refractivity contribution >= 4 is 11.6 Å². The first-order valence-corrected chi connectivity index (χ1v) is 9.84. The summed E-state index contributed by atoms with van der Waals surface area (Å²) in [6, 6.07) is 21.0. The number of hydrogen-bond acceptors (Lipinski definition) is 3. The molecule has 0 bridgehead atoms. The molecule has 0 aliphatic rings. The number of amides is 1. The number of halogens is 1. The van der Waals surface area contributed by atoms with Gasteiger partial charge in [0.05, 0.1) is 24.2 Å². The number of ether oxygens (including phenoxy) is 1. The molecule has 1 aromatic heterocycles. The van der Waals surface area contributed by atoms with Gasteiger partial charge in [-0.25, -0.2) is 9.07 Å². The summed E-state index contributed by atoms with van der Waals surface area (Å²) in [6.07, 6.45) is 0. The summed E-state index contributed by atoms with van der Waals surface area (Å²) < 4.78 is 20.9. The maximum absolute atomic E-state index is 14.1. The van der Waals surface area contributed by atoms with Gasteiger partial charge in [0.15, 0.2) is 0 Å². The van der Waals surface area contributed by atoms with Crippen LogP contribution >= 0.6 is 0 Å². The summed E-state index contributed by atoms with van der Waals surface area (Å²) in [5.74, 6) is -0.258. The fourth-order valence-corrected chi connectivity index (χ4v) is 3.25. The van der Waals surface area contributed by atoms with E-state index in [-0.39, 0.29) is 5.69 Å². The standard InChI is InChI=1S/C25H22FN3O2/c1-16-8-9-18(14-17(16)2)23-15-24(25(30)27-22-7-5-4-6-21(22)26)29(28-23)19-10-12-20(31-3)13-11-19/h4-15H,1-3H3,(H,27,30). The Labute approximate surface area is 180 Å². The molecule has 3 aromatic carbocycles. The second-order valence-corrected chi connectivity index (χ2v) is 7.26. The number of aromatic nitrogens is 2. The van der Waals surface area contributed by atoms with Crippen LogP contribution in [-0.2, 0) is 0 Å². The third-order valence-corrected chi connectivity index (χ3v) is 5.18. The molecule has 1 heterocycles. The predicted molar refractivity (Wildman–Crippen MR) is 119 cm³/mol. The lowest BCUT2D eigenvalue weighted by atomic mass is 10.0. The van der Waals surface area contributed by atoms with Gasteiger partial charge in [0.1, 0.15) is 17.3 Å². The number of para-hydroxylation sites is 1. The fraction of sp³-hybridized carbons (Fsp3) is 0.120. The smallest absolute Gasteiger partial charge is 0.274 e. The summed E-state index contributed by atoms with van der Waals surface area (Å²) in [7, 11) is 1.59. The highest BCUT2D eigenvalue weighted by atomic mass is 19.1. The van der Waals surface area contributed by atoms with E-state index in [0.717, 1.165) is 11.1 Å². The second kappa shape index (κ2) is 8.44. The first-order valence-electron chi connectivity index (χ1n) is 9.84. The number of rotatable bonds is 5. The van der Waals surface area contributed by atoms with Crippen LogP contribution in [0.25, 0.3) is 16.9 Å². The molecular weight excluding hydrogens is 393 g/mol. The molecule has 31 heavy (non-hydrogen) atoms. The number of aryl methyl sites for hydroxylation is 2. The van der Waals surface area contributed by atoms with Crippen molar-refractivity contribution in [3.8, 4) is 22.7 Å². The lowest BCUT2D eigenvalue weighted by molar-refractivity contribution is 0.101. The van der Waals surface area contributed by atoms with Crippen LogP contribution in [0.5, 0.6) is 5.75 Å². The number of carbonyl (C=O) groups is 1. The van der Waals surface area contributed by atoms with Crippen molar-refractivity contribution in [3.63, 3.8) is 0 Å². The van der Waals surface area contributed by atoms with Crippen molar-refractivity contribution in [3.05, 3.63) is 95.4 Å². The van der Waals surface area contributed by atoms with Crippen LogP contribution in [0.4, 0.5) is 10.1 Å². The first-order chi connectivity index (χ1) is 15.0. The quantitative estimate of drug-likeness (QED) is 0.465. The number of hydrogen-bond donors (Lipinski definition) is 1. The highest BCUT2D eigenvalue weighted by Gasteiger charge is 2.19. The van der Waals surface area contributed by atoms with Crippen LogP contribution in [0.1, 0.15) is 21.6 Å². The molecule has 1 N–H and O–H groups in total. The normalized spacial score (nSPS) is 10.7. The van der Waals surface area contributed by atoms with Crippen molar-refractivity contribution in [2.45, 2.75) is 13.8 Å².